The Bertz CT molecular complexity index is 1210. The minimum absolute atomic E-state index is 0.148. The SMILES string of the molecule is CCOC(=O)Cn1nc(C)c2c(C(F)F)cc(-c3cccc4ccccc34)nc21. The maximum absolute atomic E-state index is 13.9. The molecule has 0 aliphatic rings. The van der Waals surface area contributed by atoms with Crippen LogP contribution in [0.5, 0.6) is 0 Å². The molecule has 0 unspecified atom stereocenters. The molecule has 0 atom stereocenters. The molecule has 4 rings (SSSR count). The van der Waals surface area contributed by atoms with E-state index in [0.29, 0.717) is 11.4 Å². The van der Waals surface area contributed by atoms with Gasteiger partial charge in [-0.05, 0) is 30.7 Å². The number of hydrogen-bond donors (Lipinski definition) is 0. The van der Waals surface area contributed by atoms with Gasteiger partial charge in [-0.25, -0.2) is 18.4 Å². The van der Waals surface area contributed by atoms with Gasteiger partial charge < -0.3 is 4.74 Å². The fourth-order valence-electron chi connectivity index (χ4n) is 3.58. The molecule has 0 saturated carbocycles. The number of rotatable bonds is 5. The van der Waals surface area contributed by atoms with E-state index in [1.165, 1.54) is 10.7 Å². The van der Waals surface area contributed by atoms with E-state index in [1.54, 1.807) is 13.8 Å². The molecule has 0 amide bonds. The predicted molar refractivity (Wildman–Crippen MR) is 107 cm³/mol. The lowest BCUT2D eigenvalue weighted by atomic mass is 10.00. The number of ether oxygens (including phenoxy) is 1. The van der Waals surface area contributed by atoms with Gasteiger partial charge in [0.15, 0.2) is 5.65 Å². The summed E-state index contributed by atoms with van der Waals surface area (Å²) < 4.78 is 34.2. The molecule has 0 radical (unpaired) electrons. The molecule has 29 heavy (non-hydrogen) atoms. The minimum Gasteiger partial charge on any atom is -0.465 e. The van der Waals surface area contributed by atoms with Crippen LogP contribution in [-0.4, -0.2) is 27.3 Å². The third-order valence-electron chi connectivity index (χ3n) is 4.79. The summed E-state index contributed by atoms with van der Waals surface area (Å²) in [5.74, 6) is -0.493. The highest BCUT2D eigenvalue weighted by Crippen LogP contribution is 2.35. The highest BCUT2D eigenvalue weighted by atomic mass is 19.3. The van der Waals surface area contributed by atoms with Crippen molar-refractivity contribution < 1.29 is 18.3 Å². The minimum atomic E-state index is -2.70. The summed E-state index contributed by atoms with van der Waals surface area (Å²) >= 11 is 0. The number of fused-ring (bicyclic) bond motifs is 2. The van der Waals surface area contributed by atoms with Gasteiger partial charge in [0, 0.05) is 11.1 Å². The van der Waals surface area contributed by atoms with E-state index >= 15 is 0 Å². The third kappa shape index (κ3) is 3.44. The molecule has 0 bridgehead atoms. The average molecular weight is 395 g/mol. The highest BCUT2D eigenvalue weighted by Gasteiger charge is 2.22. The van der Waals surface area contributed by atoms with Crippen molar-refractivity contribution in [1.29, 1.82) is 0 Å². The Labute approximate surface area is 165 Å². The Morgan fingerprint density at radius 3 is 2.69 bits per heavy atom. The predicted octanol–water partition coefficient (Wildman–Crippen LogP) is 5.06. The van der Waals surface area contributed by atoms with Gasteiger partial charge in [0.05, 0.1) is 23.4 Å². The van der Waals surface area contributed by atoms with Gasteiger partial charge in [-0.2, -0.15) is 5.10 Å². The van der Waals surface area contributed by atoms with Crippen LogP contribution >= 0.6 is 0 Å². The summed E-state index contributed by atoms with van der Waals surface area (Å²) in [6, 6.07) is 14.8. The molecule has 2 aromatic carbocycles. The summed E-state index contributed by atoms with van der Waals surface area (Å²) in [5.41, 5.74) is 1.65. The molecule has 5 nitrogen and oxygen atoms in total. The molecule has 2 aromatic heterocycles. The number of halogens is 2. The Balaban J connectivity index is 1.97. The molecular formula is C22H19F2N3O2. The monoisotopic (exact) mass is 395 g/mol. The van der Waals surface area contributed by atoms with Crippen LogP contribution < -0.4 is 0 Å². The second-order valence-corrected chi connectivity index (χ2v) is 6.67. The zero-order valence-corrected chi connectivity index (χ0v) is 16.0. The van der Waals surface area contributed by atoms with Crippen molar-refractivity contribution in [2.75, 3.05) is 6.61 Å². The standard InChI is InChI=1S/C22H19F2N3O2/c1-3-29-19(28)12-27-22-20(13(2)26-27)17(21(23)24)11-18(25-22)16-10-6-8-14-7-4-5-9-15(14)16/h4-11,21H,3,12H2,1-2H3. The summed E-state index contributed by atoms with van der Waals surface area (Å²) in [6.45, 7) is 3.38. The number of benzene rings is 2. The van der Waals surface area contributed by atoms with Crippen LogP contribution in [0.1, 0.15) is 24.6 Å². The molecule has 7 heteroatoms. The van der Waals surface area contributed by atoms with E-state index in [0.717, 1.165) is 16.3 Å². The van der Waals surface area contributed by atoms with Crippen molar-refractivity contribution in [3.05, 3.63) is 59.8 Å². The number of aromatic nitrogens is 3. The average Bonchev–Trinajstić information content (AvgIpc) is 3.02. The molecule has 0 aliphatic heterocycles. The number of carbonyl (C=O) groups is 1. The van der Waals surface area contributed by atoms with E-state index in [9.17, 15) is 13.6 Å². The summed E-state index contributed by atoms with van der Waals surface area (Å²) in [7, 11) is 0. The summed E-state index contributed by atoms with van der Waals surface area (Å²) in [6.07, 6.45) is -2.70. The van der Waals surface area contributed by atoms with Crippen LogP contribution in [0.4, 0.5) is 8.78 Å². The molecule has 0 fully saturated rings. The van der Waals surface area contributed by atoms with Crippen molar-refractivity contribution in [1.82, 2.24) is 14.8 Å². The number of aryl methyl sites for hydroxylation is 1. The van der Waals surface area contributed by atoms with E-state index in [4.69, 9.17) is 4.74 Å². The van der Waals surface area contributed by atoms with Crippen LogP contribution in [-0.2, 0) is 16.1 Å². The van der Waals surface area contributed by atoms with Gasteiger partial charge in [-0.1, -0.05) is 42.5 Å². The fraction of sp³-hybridized carbons (Fsp3) is 0.227. The largest absolute Gasteiger partial charge is 0.465 e. The van der Waals surface area contributed by atoms with Gasteiger partial charge in [0.2, 0.25) is 0 Å². The van der Waals surface area contributed by atoms with Crippen LogP contribution in [0.2, 0.25) is 0 Å². The summed E-state index contributed by atoms with van der Waals surface area (Å²) in [4.78, 5) is 16.6. The first-order chi connectivity index (χ1) is 14.0. The van der Waals surface area contributed by atoms with Gasteiger partial charge >= 0.3 is 5.97 Å². The molecule has 148 valence electrons. The molecule has 4 aromatic rings. The molecule has 0 saturated heterocycles. The van der Waals surface area contributed by atoms with Gasteiger partial charge in [-0.3, -0.25) is 4.79 Å². The van der Waals surface area contributed by atoms with Gasteiger partial charge in [0.1, 0.15) is 6.54 Å². The fourth-order valence-corrected chi connectivity index (χ4v) is 3.58. The lowest BCUT2D eigenvalue weighted by Crippen LogP contribution is -2.15. The summed E-state index contributed by atoms with van der Waals surface area (Å²) in [5, 5.41) is 6.44. The zero-order chi connectivity index (χ0) is 20.5. The Hall–Kier alpha value is -3.35. The second-order valence-electron chi connectivity index (χ2n) is 6.67. The molecule has 2 heterocycles. The van der Waals surface area contributed by atoms with Crippen LogP contribution in [0.25, 0.3) is 33.1 Å². The first-order valence-corrected chi connectivity index (χ1v) is 9.29. The van der Waals surface area contributed by atoms with E-state index in [-0.39, 0.29) is 29.7 Å². The van der Waals surface area contributed by atoms with Crippen molar-refractivity contribution in [2.24, 2.45) is 0 Å². The van der Waals surface area contributed by atoms with Crippen molar-refractivity contribution in [3.8, 4) is 11.3 Å². The second kappa shape index (κ2) is 7.58. The topological polar surface area (TPSA) is 57.0 Å². The molecule has 0 N–H and O–H groups in total. The highest BCUT2D eigenvalue weighted by molar-refractivity contribution is 5.97. The first kappa shape index (κ1) is 19.0. The Morgan fingerprint density at radius 1 is 1.17 bits per heavy atom. The number of carbonyl (C=O) groups excluding carboxylic acids is 1. The quantitative estimate of drug-likeness (QED) is 0.443. The van der Waals surface area contributed by atoms with E-state index in [2.05, 4.69) is 10.1 Å². The number of hydrogen-bond acceptors (Lipinski definition) is 4. The van der Waals surface area contributed by atoms with E-state index in [1.807, 2.05) is 42.5 Å². The van der Waals surface area contributed by atoms with Crippen LogP contribution in [0, 0.1) is 6.92 Å². The van der Waals surface area contributed by atoms with Gasteiger partial charge in [0.25, 0.3) is 6.43 Å². The van der Waals surface area contributed by atoms with E-state index < -0.39 is 12.4 Å². The van der Waals surface area contributed by atoms with Crippen molar-refractivity contribution in [2.45, 2.75) is 26.8 Å². The smallest absolute Gasteiger partial charge is 0.327 e. The number of pyridine rings is 1. The number of esters is 1. The zero-order valence-electron chi connectivity index (χ0n) is 16.0. The lowest BCUT2D eigenvalue weighted by Gasteiger charge is -2.10. The van der Waals surface area contributed by atoms with Gasteiger partial charge in [-0.15, -0.1) is 0 Å². The lowest BCUT2D eigenvalue weighted by molar-refractivity contribution is -0.143. The van der Waals surface area contributed by atoms with Crippen LogP contribution in [0.3, 0.4) is 0 Å². The molecule has 0 aliphatic carbocycles. The molecule has 0 spiro atoms. The molecular weight excluding hydrogens is 376 g/mol. The third-order valence-corrected chi connectivity index (χ3v) is 4.79. The number of alkyl halides is 2. The van der Waals surface area contributed by atoms with Crippen LogP contribution in [0.15, 0.2) is 48.5 Å². The Kier molecular flexibility index (Phi) is 4.96. The first-order valence-electron chi connectivity index (χ1n) is 9.29. The Morgan fingerprint density at radius 2 is 1.93 bits per heavy atom. The normalized spacial score (nSPS) is 11.5. The van der Waals surface area contributed by atoms with Crippen molar-refractivity contribution >= 4 is 27.8 Å². The maximum Gasteiger partial charge on any atom is 0.327 e. The van der Waals surface area contributed by atoms with Crippen molar-refractivity contribution in [3.63, 3.8) is 0 Å². The number of nitrogens with zero attached hydrogens (tertiary/aromatic N) is 3. The maximum atomic E-state index is 13.9.